The van der Waals surface area contributed by atoms with Crippen LogP contribution >= 0.6 is 0 Å². The van der Waals surface area contributed by atoms with Crippen molar-refractivity contribution in [3.8, 4) is 17.2 Å². The van der Waals surface area contributed by atoms with Gasteiger partial charge in [0.25, 0.3) is 11.6 Å². The van der Waals surface area contributed by atoms with Crippen LogP contribution in [0.2, 0.25) is 0 Å². The van der Waals surface area contributed by atoms with E-state index in [2.05, 4.69) is 10.5 Å². The van der Waals surface area contributed by atoms with Gasteiger partial charge >= 0.3 is 0 Å². The van der Waals surface area contributed by atoms with Gasteiger partial charge in [-0.1, -0.05) is 0 Å². The van der Waals surface area contributed by atoms with E-state index in [9.17, 15) is 14.9 Å². The van der Waals surface area contributed by atoms with Gasteiger partial charge < -0.3 is 14.2 Å². The lowest BCUT2D eigenvalue weighted by atomic mass is 10.2. The van der Waals surface area contributed by atoms with E-state index in [4.69, 9.17) is 14.2 Å². The maximum atomic E-state index is 12.0. The van der Waals surface area contributed by atoms with E-state index in [0.717, 1.165) is 0 Å². The predicted octanol–water partition coefficient (Wildman–Crippen LogP) is 2.38. The first-order chi connectivity index (χ1) is 12.5. The lowest BCUT2D eigenvalue weighted by molar-refractivity contribution is -0.384. The van der Waals surface area contributed by atoms with Gasteiger partial charge in [0, 0.05) is 29.3 Å². The number of methoxy groups -OCH3 is 3. The van der Waals surface area contributed by atoms with Crippen LogP contribution in [0.1, 0.15) is 15.9 Å². The molecule has 0 atom stereocenters. The summed E-state index contributed by atoms with van der Waals surface area (Å²) >= 11 is 0. The van der Waals surface area contributed by atoms with Crippen molar-refractivity contribution in [1.82, 2.24) is 5.43 Å². The number of amides is 1. The number of rotatable bonds is 7. The zero-order chi connectivity index (χ0) is 19.1. The Kier molecular flexibility index (Phi) is 6.10. The third-order valence-electron chi connectivity index (χ3n) is 3.45. The molecule has 9 nitrogen and oxygen atoms in total. The van der Waals surface area contributed by atoms with Crippen LogP contribution in [0.4, 0.5) is 5.69 Å². The van der Waals surface area contributed by atoms with E-state index < -0.39 is 10.8 Å². The molecule has 0 spiro atoms. The minimum Gasteiger partial charge on any atom is -0.496 e. The molecule has 0 aliphatic carbocycles. The first-order valence-electron chi connectivity index (χ1n) is 7.38. The summed E-state index contributed by atoms with van der Waals surface area (Å²) in [5, 5.41) is 14.5. The highest BCUT2D eigenvalue weighted by molar-refractivity contribution is 5.95. The largest absolute Gasteiger partial charge is 0.496 e. The van der Waals surface area contributed by atoms with Crippen molar-refractivity contribution in [2.24, 2.45) is 5.10 Å². The molecule has 0 aromatic heterocycles. The molecule has 0 heterocycles. The number of nitro benzene ring substituents is 1. The number of hydrazone groups is 1. The van der Waals surface area contributed by atoms with E-state index >= 15 is 0 Å². The van der Waals surface area contributed by atoms with Gasteiger partial charge in [0.2, 0.25) is 0 Å². The summed E-state index contributed by atoms with van der Waals surface area (Å²) in [5.74, 6) is 0.958. The summed E-state index contributed by atoms with van der Waals surface area (Å²) in [6, 6.07) is 8.48. The molecule has 1 amide bonds. The molecule has 9 heteroatoms. The Morgan fingerprint density at radius 1 is 1.04 bits per heavy atom. The second kappa shape index (κ2) is 8.47. The van der Waals surface area contributed by atoms with E-state index in [-0.39, 0.29) is 11.3 Å². The highest BCUT2D eigenvalue weighted by Gasteiger charge is 2.11. The van der Waals surface area contributed by atoms with Crippen LogP contribution in [0.5, 0.6) is 17.2 Å². The number of nitrogens with zero attached hydrogens (tertiary/aromatic N) is 2. The number of carbonyl (C=O) groups excluding carboxylic acids is 1. The number of hydrogen-bond acceptors (Lipinski definition) is 7. The molecule has 0 unspecified atom stereocenters. The van der Waals surface area contributed by atoms with Crippen molar-refractivity contribution in [2.75, 3.05) is 21.3 Å². The second-order valence-electron chi connectivity index (χ2n) is 4.95. The Morgan fingerprint density at radius 2 is 1.62 bits per heavy atom. The number of benzene rings is 2. The van der Waals surface area contributed by atoms with Gasteiger partial charge in [-0.3, -0.25) is 14.9 Å². The van der Waals surface area contributed by atoms with Crippen LogP contribution in [0, 0.1) is 10.1 Å². The van der Waals surface area contributed by atoms with Crippen molar-refractivity contribution < 1.29 is 23.9 Å². The third kappa shape index (κ3) is 4.26. The monoisotopic (exact) mass is 359 g/mol. The van der Waals surface area contributed by atoms with Crippen LogP contribution in [0.3, 0.4) is 0 Å². The quantitative estimate of drug-likeness (QED) is 0.461. The molecule has 2 rings (SSSR count). The van der Waals surface area contributed by atoms with E-state index in [0.29, 0.717) is 22.8 Å². The number of nitro groups is 1. The Balaban J connectivity index is 2.14. The molecule has 0 radical (unpaired) electrons. The Labute approximate surface area is 149 Å². The second-order valence-corrected chi connectivity index (χ2v) is 4.95. The van der Waals surface area contributed by atoms with Gasteiger partial charge in [-0.05, 0) is 18.2 Å². The summed E-state index contributed by atoms with van der Waals surface area (Å²) in [7, 11) is 4.51. The Bertz CT molecular complexity index is 833. The molecule has 136 valence electrons. The first-order valence-corrected chi connectivity index (χ1v) is 7.38. The number of hydrogen-bond donors (Lipinski definition) is 1. The lowest BCUT2D eigenvalue weighted by Gasteiger charge is -2.11. The highest BCUT2D eigenvalue weighted by Crippen LogP contribution is 2.33. The maximum absolute atomic E-state index is 12.0. The fraction of sp³-hybridized carbons (Fsp3) is 0.176. The molecule has 0 aliphatic heterocycles. The minimum atomic E-state index is -0.539. The lowest BCUT2D eigenvalue weighted by Crippen LogP contribution is -2.17. The number of carbonyl (C=O) groups is 1. The molecule has 1 N–H and O–H groups in total. The van der Waals surface area contributed by atoms with Gasteiger partial charge in [-0.15, -0.1) is 0 Å². The predicted molar refractivity (Wildman–Crippen MR) is 94.3 cm³/mol. The van der Waals surface area contributed by atoms with Crippen molar-refractivity contribution in [2.45, 2.75) is 0 Å². The number of non-ortho nitro benzene ring substituents is 1. The van der Waals surface area contributed by atoms with Crippen molar-refractivity contribution in [3.05, 3.63) is 57.6 Å². The van der Waals surface area contributed by atoms with Crippen LogP contribution in [0.15, 0.2) is 41.5 Å². The van der Waals surface area contributed by atoms with Gasteiger partial charge in [0.1, 0.15) is 5.75 Å². The summed E-state index contributed by atoms with van der Waals surface area (Å²) in [4.78, 5) is 22.1. The van der Waals surface area contributed by atoms with E-state index in [1.165, 1.54) is 51.8 Å². The summed E-state index contributed by atoms with van der Waals surface area (Å²) in [6.45, 7) is 0. The topological polar surface area (TPSA) is 112 Å². The summed E-state index contributed by atoms with van der Waals surface area (Å²) in [6.07, 6.45) is 1.39. The molecule has 0 saturated carbocycles. The van der Waals surface area contributed by atoms with Crippen molar-refractivity contribution in [1.29, 1.82) is 0 Å². The van der Waals surface area contributed by atoms with Crippen LogP contribution in [-0.4, -0.2) is 38.4 Å². The zero-order valence-corrected chi connectivity index (χ0v) is 14.4. The molecule has 0 fully saturated rings. The van der Waals surface area contributed by atoms with Crippen LogP contribution < -0.4 is 19.6 Å². The summed E-state index contributed by atoms with van der Waals surface area (Å²) in [5.41, 5.74) is 3.06. The molecular formula is C17H17N3O6. The SMILES string of the molecule is COc1cc(OC)c(OC)cc1/C=N\NC(=O)c1ccc([N+](=O)[O-])cc1. The molecule has 2 aromatic rings. The normalized spacial score (nSPS) is 10.4. The van der Waals surface area contributed by atoms with E-state index in [1.54, 1.807) is 12.1 Å². The number of nitrogens with one attached hydrogen (secondary N) is 1. The maximum Gasteiger partial charge on any atom is 0.271 e. The molecular weight excluding hydrogens is 342 g/mol. The van der Waals surface area contributed by atoms with Gasteiger partial charge in [0.15, 0.2) is 11.5 Å². The third-order valence-corrected chi connectivity index (χ3v) is 3.45. The fourth-order valence-electron chi connectivity index (χ4n) is 2.11. The van der Waals surface area contributed by atoms with Gasteiger partial charge in [-0.25, -0.2) is 5.43 Å². The van der Waals surface area contributed by atoms with Gasteiger partial charge in [0.05, 0.1) is 32.5 Å². The van der Waals surface area contributed by atoms with Crippen molar-refractivity contribution >= 4 is 17.8 Å². The summed E-state index contributed by atoms with van der Waals surface area (Å²) < 4.78 is 15.7. The highest BCUT2D eigenvalue weighted by atomic mass is 16.6. The average molecular weight is 359 g/mol. The Hall–Kier alpha value is -3.62. The standard InChI is InChI=1S/C17H17N3O6/c1-24-14-9-16(26-3)15(25-2)8-12(14)10-18-19-17(21)11-4-6-13(7-5-11)20(22)23/h4-10H,1-3H3,(H,19,21)/b18-10-. The average Bonchev–Trinajstić information content (AvgIpc) is 2.67. The van der Waals surface area contributed by atoms with E-state index in [1.807, 2.05) is 0 Å². The van der Waals surface area contributed by atoms with Crippen LogP contribution in [-0.2, 0) is 0 Å². The Morgan fingerprint density at radius 3 is 2.15 bits per heavy atom. The molecule has 2 aromatic carbocycles. The zero-order valence-electron chi connectivity index (χ0n) is 14.4. The number of ether oxygens (including phenoxy) is 3. The fourth-order valence-corrected chi connectivity index (χ4v) is 2.11. The van der Waals surface area contributed by atoms with Gasteiger partial charge in [-0.2, -0.15) is 5.10 Å². The molecule has 0 bridgehead atoms. The molecule has 0 saturated heterocycles. The minimum absolute atomic E-state index is 0.0971. The van der Waals surface area contributed by atoms with Crippen molar-refractivity contribution in [3.63, 3.8) is 0 Å². The van der Waals surface area contributed by atoms with Crippen LogP contribution in [0.25, 0.3) is 0 Å². The molecule has 0 aliphatic rings. The first kappa shape index (κ1) is 18.7. The smallest absolute Gasteiger partial charge is 0.271 e. The molecule has 26 heavy (non-hydrogen) atoms.